The number of esters is 1. The average Bonchev–Trinajstić information content (AvgIpc) is 2.64. The van der Waals surface area contributed by atoms with E-state index < -0.39 is 17.7 Å². The van der Waals surface area contributed by atoms with E-state index >= 15 is 0 Å². The quantitative estimate of drug-likeness (QED) is 0.723. The molecule has 0 saturated carbocycles. The number of carbonyl (C=O) groups is 3. The number of benzene rings is 1. The molecular formula is C21H30N2O5. The Kier molecular flexibility index (Phi) is 7.43. The second-order valence-electron chi connectivity index (χ2n) is 7.99. The van der Waals surface area contributed by atoms with Crippen LogP contribution in [0.15, 0.2) is 30.3 Å². The molecule has 1 aromatic rings. The first-order chi connectivity index (χ1) is 13.2. The number of nitrogens with zero attached hydrogens (tertiary/aromatic N) is 2. The van der Waals surface area contributed by atoms with Crippen LogP contribution in [-0.4, -0.2) is 59.0 Å². The standard InChI is InChI=1S/C21H30N2O5/c1-16(24)22-12-10-18(11-13-22)23(20(26)28-21(2,3)4)14-19(25)27-15-17-8-6-5-7-9-17/h5-9,18H,10-15H2,1-4H3. The Bertz CT molecular complexity index is 676. The van der Waals surface area contributed by atoms with Gasteiger partial charge in [0.1, 0.15) is 18.8 Å². The first kappa shape index (κ1) is 21.7. The van der Waals surface area contributed by atoms with Gasteiger partial charge in [-0.2, -0.15) is 0 Å². The lowest BCUT2D eigenvalue weighted by molar-refractivity contribution is -0.147. The summed E-state index contributed by atoms with van der Waals surface area (Å²) in [5.74, 6) is -0.465. The van der Waals surface area contributed by atoms with Crippen molar-refractivity contribution in [1.82, 2.24) is 9.80 Å². The van der Waals surface area contributed by atoms with Crippen molar-refractivity contribution in [2.45, 2.75) is 58.8 Å². The summed E-state index contributed by atoms with van der Waals surface area (Å²) in [6, 6.07) is 9.21. The molecule has 1 aliphatic rings. The van der Waals surface area contributed by atoms with E-state index in [1.54, 1.807) is 25.7 Å². The lowest BCUT2D eigenvalue weighted by Crippen LogP contribution is -2.51. The van der Waals surface area contributed by atoms with Gasteiger partial charge in [-0.15, -0.1) is 0 Å². The van der Waals surface area contributed by atoms with Crippen molar-refractivity contribution in [2.75, 3.05) is 19.6 Å². The molecule has 0 atom stereocenters. The van der Waals surface area contributed by atoms with Crippen molar-refractivity contribution < 1.29 is 23.9 Å². The molecule has 0 bridgehead atoms. The first-order valence-corrected chi connectivity index (χ1v) is 9.60. The lowest BCUT2D eigenvalue weighted by Gasteiger charge is -2.38. The highest BCUT2D eigenvalue weighted by atomic mass is 16.6. The molecule has 1 aromatic carbocycles. The molecule has 0 radical (unpaired) electrons. The molecule has 1 fully saturated rings. The normalized spacial score (nSPS) is 15.1. The van der Waals surface area contributed by atoms with E-state index in [-0.39, 0.29) is 25.1 Å². The highest BCUT2D eigenvalue weighted by Crippen LogP contribution is 2.20. The third-order valence-corrected chi connectivity index (χ3v) is 4.52. The highest BCUT2D eigenvalue weighted by Gasteiger charge is 2.33. The predicted octanol–water partition coefficient (Wildman–Crippen LogP) is 2.98. The van der Waals surface area contributed by atoms with E-state index in [4.69, 9.17) is 9.47 Å². The van der Waals surface area contributed by atoms with Crippen LogP contribution in [0.1, 0.15) is 46.1 Å². The SMILES string of the molecule is CC(=O)N1CCC(N(CC(=O)OCc2ccccc2)C(=O)OC(C)(C)C)CC1. The Morgan fingerprint density at radius 2 is 1.71 bits per heavy atom. The minimum absolute atomic E-state index is 0.0181. The van der Waals surface area contributed by atoms with Crippen molar-refractivity contribution >= 4 is 18.0 Å². The van der Waals surface area contributed by atoms with Gasteiger partial charge in [0.05, 0.1) is 0 Å². The Morgan fingerprint density at radius 3 is 2.25 bits per heavy atom. The maximum absolute atomic E-state index is 12.7. The number of likely N-dealkylation sites (tertiary alicyclic amines) is 1. The van der Waals surface area contributed by atoms with E-state index in [1.807, 2.05) is 30.3 Å². The van der Waals surface area contributed by atoms with Crippen LogP contribution >= 0.6 is 0 Å². The molecule has 154 valence electrons. The summed E-state index contributed by atoms with van der Waals surface area (Å²) in [5, 5.41) is 0. The molecular weight excluding hydrogens is 360 g/mol. The fourth-order valence-electron chi connectivity index (χ4n) is 3.08. The zero-order chi connectivity index (χ0) is 20.7. The smallest absolute Gasteiger partial charge is 0.411 e. The van der Waals surface area contributed by atoms with Gasteiger partial charge in [0, 0.05) is 26.1 Å². The number of piperidine rings is 1. The maximum Gasteiger partial charge on any atom is 0.411 e. The number of hydrogen-bond acceptors (Lipinski definition) is 5. The van der Waals surface area contributed by atoms with Gasteiger partial charge < -0.3 is 14.4 Å². The van der Waals surface area contributed by atoms with E-state index in [1.165, 1.54) is 11.8 Å². The summed E-state index contributed by atoms with van der Waals surface area (Å²) >= 11 is 0. The second-order valence-corrected chi connectivity index (χ2v) is 7.99. The van der Waals surface area contributed by atoms with Crippen LogP contribution in [0, 0.1) is 0 Å². The zero-order valence-corrected chi connectivity index (χ0v) is 17.1. The molecule has 1 aliphatic heterocycles. The minimum Gasteiger partial charge on any atom is -0.459 e. The summed E-state index contributed by atoms with van der Waals surface area (Å²) in [6.07, 6.45) is 0.667. The number of ether oxygens (including phenoxy) is 2. The Hall–Kier alpha value is -2.57. The molecule has 7 heteroatoms. The summed E-state index contributed by atoms with van der Waals surface area (Å²) in [6.45, 7) is 7.99. The maximum atomic E-state index is 12.7. The van der Waals surface area contributed by atoms with Crippen LogP contribution in [0.2, 0.25) is 0 Å². The van der Waals surface area contributed by atoms with Gasteiger partial charge in [-0.25, -0.2) is 4.79 Å². The molecule has 0 unspecified atom stereocenters. The number of rotatable bonds is 5. The Labute approximate surface area is 166 Å². The molecule has 0 aromatic heterocycles. The Morgan fingerprint density at radius 1 is 1.11 bits per heavy atom. The van der Waals surface area contributed by atoms with E-state index in [9.17, 15) is 14.4 Å². The topological polar surface area (TPSA) is 76.2 Å². The molecule has 0 aliphatic carbocycles. The predicted molar refractivity (Wildman–Crippen MR) is 104 cm³/mol. The molecule has 2 amide bonds. The van der Waals surface area contributed by atoms with Crippen molar-refractivity contribution in [2.24, 2.45) is 0 Å². The summed E-state index contributed by atoms with van der Waals surface area (Å²) in [5.41, 5.74) is 0.220. The van der Waals surface area contributed by atoms with Crippen molar-refractivity contribution in [3.05, 3.63) is 35.9 Å². The van der Waals surface area contributed by atoms with Crippen LogP contribution in [-0.2, 0) is 25.7 Å². The summed E-state index contributed by atoms with van der Waals surface area (Å²) in [7, 11) is 0. The third kappa shape index (κ3) is 6.87. The van der Waals surface area contributed by atoms with Gasteiger partial charge in [-0.1, -0.05) is 30.3 Å². The monoisotopic (exact) mass is 390 g/mol. The zero-order valence-electron chi connectivity index (χ0n) is 17.1. The molecule has 1 saturated heterocycles. The van der Waals surface area contributed by atoms with Crippen LogP contribution in [0.3, 0.4) is 0 Å². The van der Waals surface area contributed by atoms with Gasteiger partial charge >= 0.3 is 12.1 Å². The van der Waals surface area contributed by atoms with Gasteiger partial charge in [0.25, 0.3) is 0 Å². The molecule has 0 spiro atoms. The van der Waals surface area contributed by atoms with Gasteiger partial charge in [-0.05, 0) is 39.2 Å². The van der Waals surface area contributed by atoms with Gasteiger partial charge in [0.15, 0.2) is 0 Å². The van der Waals surface area contributed by atoms with Crippen LogP contribution in [0.25, 0.3) is 0 Å². The van der Waals surface area contributed by atoms with Crippen molar-refractivity contribution in [3.8, 4) is 0 Å². The molecule has 7 nitrogen and oxygen atoms in total. The van der Waals surface area contributed by atoms with Gasteiger partial charge in [-0.3, -0.25) is 14.5 Å². The fraction of sp³-hybridized carbons (Fsp3) is 0.571. The van der Waals surface area contributed by atoms with Crippen molar-refractivity contribution in [1.29, 1.82) is 0 Å². The third-order valence-electron chi connectivity index (χ3n) is 4.52. The van der Waals surface area contributed by atoms with Crippen molar-refractivity contribution in [3.63, 3.8) is 0 Å². The van der Waals surface area contributed by atoms with E-state index in [0.29, 0.717) is 25.9 Å². The molecule has 1 heterocycles. The average molecular weight is 390 g/mol. The Balaban J connectivity index is 2.00. The van der Waals surface area contributed by atoms with Crippen LogP contribution in [0.5, 0.6) is 0 Å². The largest absolute Gasteiger partial charge is 0.459 e. The number of amides is 2. The molecule has 0 N–H and O–H groups in total. The van der Waals surface area contributed by atoms with E-state index in [0.717, 1.165) is 5.56 Å². The molecule has 28 heavy (non-hydrogen) atoms. The number of carbonyl (C=O) groups excluding carboxylic acids is 3. The summed E-state index contributed by atoms with van der Waals surface area (Å²) < 4.78 is 10.8. The van der Waals surface area contributed by atoms with E-state index in [2.05, 4.69) is 0 Å². The van der Waals surface area contributed by atoms with Gasteiger partial charge in [0.2, 0.25) is 5.91 Å². The van der Waals surface area contributed by atoms with Crippen LogP contribution < -0.4 is 0 Å². The molecule has 2 rings (SSSR count). The summed E-state index contributed by atoms with van der Waals surface area (Å²) in [4.78, 5) is 39.8. The van der Waals surface area contributed by atoms with Crippen LogP contribution in [0.4, 0.5) is 4.79 Å². The highest BCUT2D eigenvalue weighted by molar-refractivity contribution is 5.78. The first-order valence-electron chi connectivity index (χ1n) is 9.60. The fourth-order valence-corrected chi connectivity index (χ4v) is 3.08. The number of hydrogen-bond donors (Lipinski definition) is 0. The minimum atomic E-state index is -0.663. The lowest BCUT2D eigenvalue weighted by atomic mass is 10.0. The second kappa shape index (κ2) is 9.57.